The number of carbonyl (C=O) groups excluding carboxylic acids is 2. The Labute approximate surface area is 233 Å². The van der Waals surface area contributed by atoms with Crippen molar-refractivity contribution in [1.29, 1.82) is 0 Å². The van der Waals surface area contributed by atoms with E-state index in [4.69, 9.17) is 16.3 Å². The maximum absolute atomic E-state index is 13.7. The highest BCUT2D eigenvalue weighted by atomic mass is 79.9. The van der Waals surface area contributed by atoms with Gasteiger partial charge in [-0.15, -0.1) is 0 Å². The molecule has 196 valence electrons. The lowest BCUT2D eigenvalue weighted by Crippen LogP contribution is -2.52. The van der Waals surface area contributed by atoms with E-state index in [2.05, 4.69) is 21.2 Å². The first-order valence-corrected chi connectivity index (χ1v) is 13.6. The van der Waals surface area contributed by atoms with Crippen LogP contribution in [0.2, 0.25) is 5.02 Å². The number of hydrogen-bond acceptors (Lipinski definition) is 3. The van der Waals surface area contributed by atoms with E-state index in [9.17, 15) is 9.59 Å². The van der Waals surface area contributed by atoms with Crippen molar-refractivity contribution in [2.75, 3.05) is 13.2 Å². The van der Waals surface area contributed by atoms with Gasteiger partial charge in [-0.1, -0.05) is 83.8 Å². The predicted octanol–water partition coefficient (Wildman–Crippen LogP) is 6.51. The SMILES string of the molecule is Cc1cc(OCC(=O)N(Cc2cccc(Br)c2)[C@H](Cc2ccccc2)C(=O)NCC(C)C)cc(C)c1Cl. The number of rotatable bonds is 11. The molecule has 0 aliphatic carbocycles. The van der Waals surface area contributed by atoms with Crippen LogP contribution in [0.3, 0.4) is 0 Å². The van der Waals surface area contributed by atoms with Gasteiger partial charge in [0.05, 0.1) is 0 Å². The molecule has 0 spiro atoms. The molecule has 1 atom stereocenters. The molecule has 37 heavy (non-hydrogen) atoms. The fraction of sp³-hybridized carbons (Fsp3) is 0.333. The van der Waals surface area contributed by atoms with Gasteiger partial charge in [0, 0.05) is 29.0 Å². The fourth-order valence-corrected chi connectivity index (χ4v) is 4.58. The van der Waals surface area contributed by atoms with Gasteiger partial charge in [0.1, 0.15) is 11.8 Å². The van der Waals surface area contributed by atoms with E-state index in [1.807, 2.05) is 94.4 Å². The number of benzene rings is 3. The van der Waals surface area contributed by atoms with Gasteiger partial charge in [0.25, 0.3) is 5.91 Å². The third-order valence-corrected chi connectivity index (χ3v) is 7.06. The lowest BCUT2D eigenvalue weighted by Gasteiger charge is -2.31. The van der Waals surface area contributed by atoms with Crippen molar-refractivity contribution < 1.29 is 14.3 Å². The summed E-state index contributed by atoms with van der Waals surface area (Å²) < 4.78 is 6.82. The molecule has 0 aromatic heterocycles. The van der Waals surface area contributed by atoms with Gasteiger partial charge in [-0.2, -0.15) is 0 Å². The number of hydrogen-bond donors (Lipinski definition) is 1. The summed E-state index contributed by atoms with van der Waals surface area (Å²) in [6.45, 7) is 8.49. The van der Waals surface area contributed by atoms with Gasteiger partial charge in [-0.05, 0) is 66.3 Å². The minimum atomic E-state index is -0.704. The molecule has 0 bridgehead atoms. The maximum atomic E-state index is 13.7. The molecule has 0 saturated heterocycles. The van der Waals surface area contributed by atoms with Crippen LogP contribution in [-0.4, -0.2) is 35.9 Å². The Hall–Kier alpha value is -2.83. The summed E-state index contributed by atoms with van der Waals surface area (Å²) in [7, 11) is 0. The molecule has 0 heterocycles. The third-order valence-electron chi connectivity index (χ3n) is 5.97. The maximum Gasteiger partial charge on any atom is 0.261 e. The average molecular weight is 586 g/mol. The molecule has 0 fully saturated rings. The number of amides is 2. The third kappa shape index (κ3) is 8.61. The Morgan fingerprint density at radius 3 is 2.24 bits per heavy atom. The summed E-state index contributed by atoms with van der Waals surface area (Å²) in [5, 5.41) is 3.71. The van der Waals surface area contributed by atoms with E-state index < -0.39 is 6.04 Å². The summed E-state index contributed by atoms with van der Waals surface area (Å²) in [5.41, 5.74) is 3.65. The molecular weight excluding hydrogens is 552 g/mol. The Morgan fingerprint density at radius 1 is 0.973 bits per heavy atom. The van der Waals surface area contributed by atoms with Crippen molar-refractivity contribution in [3.05, 3.63) is 98.5 Å². The van der Waals surface area contributed by atoms with E-state index in [1.165, 1.54) is 0 Å². The van der Waals surface area contributed by atoms with Crippen molar-refractivity contribution in [3.63, 3.8) is 0 Å². The predicted molar refractivity (Wildman–Crippen MR) is 153 cm³/mol. The number of carbonyl (C=O) groups is 2. The molecular formula is C30H34BrClN2O3. The van der Waals surface area contributed by atoms with E-state index in [0.29, 0.717) is 23.7 Å². The quantitative estimate of drug-likeness (QED) is 0.279. The molecule has 3 rings (SSSR count). The lowest BCUT2D eigenvalue weighted by molar-refractivity contribution is -0.142. The lowest BCUT2D eigenvalue weighted by atomic mass is 10.0. The topological polar surface area (TPSA) is 58.6 Å². The second-order valence-corrected chi connectivity index (χ2v) is 10.9. The first kappa shape index (κ1) is 28.7. The Bertz CT molecular complexity index is 1190. The highest BCUT2D eigenvalue weighted by Gasteiger charge is 2.30. The Balaban J connectivity index is 1.91. The first-order valence-electron chi connectivity index (χ1n) is 12.4. The van der Waals surface area contributed by atoms with Crippen LogP contribution in [0.25, 0.3) is 0 Å². The summed E-state index contributed by atoms with van der Waals surface area (Å²) >= 11 is 9.80. The number of nitrogens with one attached hydrogen (secondary N) is 1. The smallest absolute Gasteiger partial charge is 0.261 e. The van der Waals surface area contributed by atoms with E-state index in [0.717, 1.165) is 26.7 Å². The number of nitrogens with zero attached hydrogens (tertiary/aromatic N) is 1. The Kier molecular flexibility index (Phi) is 10.6. The van der Waals surface area contributed by atoms with E-state index in [1.54, 1.807) is 4.90 Å². The molecule has 0 aliphatic rings. The highest BCUT2D eigenvalue weighted by molar-refractivity contribution is 9.10. The molecule has 3 aromatic carbocycles. The van der Waals surface area contributed by atoms with Gasteiger partial charge < -0.3 is 15.0 Å². The average Bonchev–Trinajstić information content (AvgIpc) is 2.87. The van der Waals surface area contributed by atoms with Crippen LogP contribution in [0.15, 0.2) is 71.2 Å². The molecule has 2 amide bonds. The van der Waals surface area contributed by atoms with Crippen LogP contribution in [0, 0.1) is 19.8 Å². The van der Waals surface area contributed by atoms with Crippen molar-refractivity contribution in [3.8, 4) is 5.75 Å². The zero-order valence-corrected chi connectivity index (χ0v) is 24.1. The summed E-state index contributed by atoms with van der Waals surface area (Å²) in [6.07, 6.45) is 0.393. The van der Waals surface area contributed by atoms with Gasteiger partial charge in [0.2, 0.25) is 5.91 Å². The monoisotopic (exact) mass is 584 g/mol. The summed E-state index contributed by atoms with van der Waals surface area (Å²) in [4.78, 5) is 28.8. The zero-order chi connectivity index (χ0) is 26.9. The second kappa shape index (κ2) is 13.6. The standard InChI is InChI=1S/C30H34BrClN2O3/c1-20(2)17-33-30(36)27(16-23-9-6-5-7-10-23)34(18-24-11-8-12-25(31)15-24)28(35)19-37-26-13-21(3)29(32)22(4)14-26/h5-15,20,27H,16-19H2,1-4H3,(H,33,36)/t27-/m1/s1. The second-order valence-electron chi connectivity index (χ2n) is 9.66. The van der Waals surface area contributed by atoms with Crippen LogP contribution >= 0.6 is 27.5 Å². The molecule has 3 aromatic rings. The molecule has 0 aliphatic heterocycles. The van der Waals surface area contributed by atoms with Crippen LogP contribution in [0.1, 0.15) is 36.1 Å². The van der Waals surface area contributed by atoms with Crippen LogP contribution in [0.5, 0.6) is 5.75 Å². The first-order chi connectivity index (χ1) is 17.6. The van der Waals surface area contributed by atoms with Gasteiger partial charge in [-0.3, -0.25) is 9.59 Å². The van der Waals surface area contributed by atoms with Gasteiger partial charge in [-0.25, -0.2) is 0 Å². The van der Waals surface area contributed by atoms with E-state index >= 15 is 0 Å². The summed E-state index contributed by atoms with van der Waals surface area (Å²) in [6, 6.07) is 20.4. The molecule has 7 heteroatoms. The van der Waals surface area contributed by atoms with Gasteiger partial charge >= 0.3 is 0 Å². The molecule has 1 N–H and O–H groups in total. The highest BCUT2D eigenvalue weighted by Crippen LogP contribution is 2.26. The van der Waals surface area contributed by atoms with Crippen molar-refractivity contribution in [2.24, 2.45) is 5.92 Å². The van der Waals surface area contributed by atoms with Crippen molar-refractivity contribution >= 4 is 39.3 Å². The van der Waals surface area contributed by atoms with Gasteiger partial charge in [0.15, 0.2) is 6.61 Å². The van der Waals surface area contributed by atoms with Crippen molar-refractivity contribution in [2.45, 2.75) is 46.7 Å². The minimum Gasteiger partial charge on any atom is -0.484 e. The van der Waals surface area contributed by atoms with E-state index in [-0.39, 0.29) is 30.9 Å². The van der Waals surface area contributed by atoms with Crippen LogP contribution < -0.4 is 10.1 Å². The number of aryl methyl sites for hydroxylation is 2. The van der Waals surface area contributed by atoms with Crippen LogP contribution in [0.4, 0.5) is 0 Å². The fourth-order valence-electron chi connectivity index (χ4n) is 4.03. The number of halogens is 2. The molecule has 0 unspecified atom stereocenters. The molecule has 5 nitrogen and oxygen atoms in total. The normalized spacial score (nSPS) is 11.8. The largest absolute Gasteiger partial charge is 0.484 e. The molecule has 0 saturated carbocycles. The van der Waals surface area contributed by atoms with Crippen molar-refractivity contribution in [1.82, 2.24) is 10.2 Å². The minimum absolute atomic E-state index is 0.181. The summed E-state index contributed by atoms with van der Waals surface area (Å²) in [5.74, 6) is 0.402. The Morgan fingerprint density at radius 2 is 1.62 bits per heavy atom. The number of ether oxygens (including phenoxy) is 1. The zero-order valence-electron chi connectivity index (χ0n) is 21.8. The van der Waals surface area contributed by atoms with Crippen LogP contribution in [-0.2, 0) is 22.6 Å². The molecule has 0 radical (unpaired) electrons.